The molecule has 3 aliphatic rings. The number of para-hydroxylation sites is 1. The third kappa shape index (κ3) is 5.67. The van der Waals surface area contributed by atoms with E-state index in [9.17, 15) is 14.4 Å². The van der Waals surface area contributed by atoms with Gasteiger partial charge in [-0.05, 0) is 56.0 Å². The van der Waals surface area contributed by atoms with Gasteiger partial charge in [-0.1, -0.05) is 62.2 Å². The number of hydrogen-bond donors (Lipinski definition) is 2. The molecule has 2 N–H and O–H groups in total. The molecule has 2 unspecified atom stereocenters. The minimum atomic E-state index is -0.787. The van der Waals surface area contributed by atoms with Gasteiger partial charge < -0.3 is 10.6 Å². The zero-order valence-corrected chi connectivity index (χ0v) is 22.6. The van der Waals surface area contributed by atoms with E-state index in [-0.39, 0.29) is 30.2 Å². The fourth-order valence-corrected chi connectivity index (χ4v) is 6.25. The number of fused-ring (bicyclic) bond motifs is 3. The number of nitrogens with zero attached hydrogens (tertiary/aromatic N) is 3. The lowest BCUT2D eigenvalue weighted by Gasteiger charge is -2.32. The highest BCUT2D eigenvalue weighted by Gasteiger charge is 2.43. The Morgan fingerprint density at radius 3 is 2.63 bits per heavy atom. The van der Waals surface area contributed by atoms with Crippen LogP contribution >= 0.6 is 11.8 Å². The number of aryl methyl sites for hydroxylation is 1. The van der Waals surface area contributed by atoms with Gasteiger partial charge in [0.25, 0.3) is 5.91 Å². The second kappa shape index (κ2) is 11.5. The molecule has 1 aliphatic carbocycles. The second-order valence-electron chi connectivity index (χ2n) is 10.1. The maximum Gasteiger partial charge on any atom is 0.271 e. The Morgan fingerprint density at radius 1 is 1.08 bits per heavy atom. The molecule has 0 bridgehead atoms. The molecule has 0 radical (unpaired) electrons. The Kier molecular flexibility index (Phi) is 7.93. The number of hydrogen-bond acceptors (Lipinski definition) is 6. The largest absolute Gasteiger partial charge is 0.353 e. The van der Waals surface area contributed by atoms with Crippen LogP contribution in [-0.2, 0) is 14.4 Å². The van der Waals surface area contributed by atoms with Crippen LogP contribution in [0.3, 0.4) is 0 Å². The van der Waals surface area contributed by atoms with Crippen molar-refractivity contribution in [2.75, 3.05) is 5.32 Å². The number of carbonyl (C=O) groups is 3. The van der Waals surface area contributed by atoms with Gasteiger partial charge in [0.1, 0.15) is 11.9 Å². The van der Waals surface area contributed by atoms with Gasteiger partial charge in [-0.15, -0.1) is 0 Å². The summed E-state index contributed by atoms with van der Waals surface area (Å²) in [7, 11) is 0. The van der Waals surface area contributed by atoms with E-state index in [1.165, 1.54) is 18.2 Å². The Balaban J connectivity index is 1.38. The first-order valence-corrected chi connectivity index (χ1v) is 14.2. The Hall–Kier alpha value is -3.46. The van der Waals surface area contributed by atoms with Gasteiger partial charge in [0.2, 0.25) is 11.8 Å². The average molecular weight is 532 g/mol. The van der Waals surface area contributed by atoms with E-state index in [0.29, 0.717) is 23.1 Å². The third-order valence-corrected chi connectivity index (χ3v) is 8.48. The number of anilines is 1. The van der Waals surface area contributed by atoms with E-state index in [1.807, 2.05) is 62.4 Å². The zero-order chi connectivity index (χ0) is 26.6. The van der Waals surface area contributed by atoms with Crippen LogP contribution in [-0.4, -0.2) is 51.0 Å². The number of carbonyl (C=O) groups excluding carboxylic acids is 3. The molecule has 198 valence electrons. The van der Waals surface area contributed by atoms with E-state index in [0.717, 1.165) is 42.5 Å². The molecule has 2 aliphatic heterocycles. The number of amidine groups is 2. The molecule has 38 heavy (non-hydrogen) atoms. The molecule has 1 fully saturated rings. The molecule has 1 saturated carbocycles. The zero-order valence-electron chi connectivity index (χ0n) is 21.8. The fraction of sp³-hybridized carbons (Fsp3) is 0.414. The molecule has 9 heteroatoms. The predicted octanol–water partition coefficient (Wildman–Crippen LogP) is 4.94. The number of rotatable bonds is 7. The van der Waals surface area contributed by atoms with Crippen LogP contribution in [0.1, 0.15) is 63.0 Å². The van der Waals surface area contributed by atoms with Crippen LogP contribution in [0, 0.1) is 6.92 Å². The first-order chi connectivity index (χ1) is 18.4. The summed E-state index contributed by atoms with van der Waals surface area (Å²) in [6.45, 7) is 3.93. The monoisotopic (exact) mass is 531 g/mol. The van der Waals surface area contributed by atoms with Crippen LogP contribution < -0.4 is 10.6 Å². The highest BCUT2D eigenvalue weighted by Crippen LogP contribution is 2.36. The van der Waals surface area contributed by atoms with Crippen LogP contribution in [0.15, 0.2) is 58.5 Å². The fourth-order valence-electron chi connectivity index (χ4n) is 5.19. The predicted molar refractivity (Wildman–Crippen MR) is 152 cm³/mol. The van der Waals surface area contributed by atoms with Gasteiger partial charge >= 0.3 is 0 Å². The van der Waals surface area contributed by atoms with Gasteiger partial charge in [0.05, 0.1) is 17.4 Å². The van der Waals surface area contributed by atoms with Crippen molar-refractivity contribution in [1.82, 2.24) is 10.2 Å². The minimum absolute atomic E-state index is 0.00361. The third-order valence-electron chi connectivity index (χ3n) is 7.15. The number of amides is 3. The van der Waals surface area contributed by atoms with E-state index in [1.54, 1.807) is 4.90 Å². The summed E-state index contributed by atoms with van der Waals surface area (Å²) in [6.07, 6.45) is 5.92. The summed E-state index contributed by atoms with van der Waals surface area (Å²) in [5, 5.41) is 6.18. The van der Waals surface area contributed by atoms with Crippen molar-refractivity contribution >= 4 is 51.9 Å². The molecule has 8 nitrogen and oxygen atoms in total. The Labute approximate surface area is 227 Å². The molecule has 0 saturated heterocycles. The average Bonchev–Trinajstić information content (AvgIpc) is 3.23. The van der Waals surface area contributed by atoms with Crippen LogP contribution in [0.5, 0.6) is 0 Å². The van der Waals surface area contributed by atoms with E-state index >= 15 is 0 Å². The lowest BCUT2D eigenvalue weighted by molar-refractivity contribution is -0.127. The van der Waals surface area contributed by atoms with Gasteiger partial charge in [-0.2, -0.15) is 4.99 Å². The van der Waals surface area contributed by atoms with Crippen molar-refractivity contribution < 1.29 is 14.4 Å². The van der Waals surface area contributed by atoms with Gasteiger partial charge in [0, 0.05) is 17.3 Å². The molecule has 2 aromatic carbocycles. The molecular weight excluding hydrogens is 498 g/mol. The summed E-state index contributed by atoms with van der Waals surface area (Å²) < 4.78 is 0. The molecule has 2 aromatic rings. The minimum Gasteiger partial charge on any atom is -0.353 e. The van der Waals surface area contributed by atoms with Crippen molar-refractivity contribution in [3.05, 3.63) is 59.7 Å². The smallest absolute Gasteiger partial charge is 0.271 e. The van der Waals surface area contributed by atoms with Crippen molar-refractivity contribution in [1.29, 1.82) is 0 Å². The summed E-state index contributed by atoms with van der Waals surface area (Å²) >= 11 is 1.30. The highest BCUT2D eigenvalue weighted by molar-refractivity contribution is 8.15. The number of nitrogens with one attached hydrogen (secondary N) is 2. The molecule has 0 aromatic heterocycles. The maximum absolute atomic E-state index is 13.2. The second-order valence-corrected chi connectivity index (χ2v) is 11.2. The highest BCUT2D eigenvalue weighted by atomic mass is 32.2. The normalized spacial score (nSPS) is 19.7. The number of benzene rings is 2. The van der Waals surface area contributed by atoms with Crippen LogP contribution in [0.25, 0.3) is 0 Å². The Morgan fingerprint density at radius 2 is 1.87 bits per heavy atom. The van der Waals surface area contributed by atoms with Crippen molar-refractivity contribution in [3.8, 4) is 0 Å². The van der Waals surface area contributed by atoms with Crippen molar-refractivity contribution in [2.24, 2.45) is 9.98 Å². The van der Waals surface area contributed by atoms with Crippen LogP contribution in [0.2, 0.25) is 0 Å². The molecule has 3 amide bonds. The van der Waals surface area contributed by atoms with Gasteiger partial charge in [-0.3, -0.25) is 19.3 Å². The first-order valence-electron chi connectivity index (χ1n) is 13.4. The summed E-state index contributed by atoms with van der Waals surface area (Å²) in [4.78, 5) is 50.4. The molecule has 0 spiro atoms. The first kappa shape index (κ1) is 26.2. The number of thioether (sulfide) groups is 1. The lowest BCUT2D eigenvalue weighted by Crippen LogP contribution is -2.47. The van der Waals surface area contributed by atoms with E-state index in [4.69, 9.17) is 4.99 Å². The summed E-state index contributed by atoms with van der Waals surface area (Å²) in [5.74, 6) is -0.159. The van der Waals surface area contributed by atoms with Gasteiger partial charge in [0.15, 0.2) is 5.17 Å². The quantitative estimate of drug-likeness (QED) is 0.527. The topological polar surface area (TPSA) is 103 Å². The summed E-state index contributed by atoms with van der Waals surface area (Å²) in [6, 6.07) is 14.6. The SMILES string of the molecule is CCC(SC1=Nc2ccccc2C2=NC(=O)C(CC(=O)NC3CCCCC3)N12)C(=O)Nc1cccc(C)c1. The molecule has 5 rings (SSSR count). The maximum atomic E-state index is 13.2. The molecular formula is C29H33N5O3S. The Bertz CT molecular complexity index is 1300. The standard InChI is InChI=1S/C29H33N5O3S/c1-3-24(28(37)31-20-13-9-10-18(2)16-20)38-29-32-22-15-8-7-14-21(22)26-33-27(36)23(34(26)29)17-25(35)30-19-11-5-4-6-12-19/h7-10,13-16,19,23-24H,3-6,11-12,17H2,1-2H3,(H,30,35)(H,31,37). The molecule has 2 atom stereocenters. The van der Waals surface area contributed by atoms with Crippen molar-refractivity contribution in [2.45, 2.75) is 76.1 Å². The lowest BCUT2D eigenvalue weighted by atomic mass is 9.95. The van der Waals surface area contributed by atoms with Crippen LogP contribution in [0.4, 0.5) is 11.4 Å². The van der Waals surface area contributed by atoms with E-state index in [2.05, 4.69) is 15.6 Å². The van der Waals surface area contributed by atoms with E-state index < -0.39 is 11.3 Å². The summed E-state index contributed by atoms with van der Waals surface area (Å²) in [5.41, 5.74) is 3.24. The van der Waals surface area contributed by atoms with Crippen molar-refractivity contribution in [3.63, 3.8) is 0 Å². The number of aliphatic imine (C=N–C) groups is 2. The molecule has 2 heterocycles. The van der Waals surface area contributed by atoms with Gasteiger partial charge in [-0.25, -0.2) is 4.99 Å².